The van der Waals surface area contributed by atoms with E-state index >= 15 is 0 Å². The Morgan fingerprint density at radius 3 is 2.47 bits per heavy atom. The molecule has 1 atom stereocenters. The first kappa shape index (κ1) is 18.7. The summed E-state index contributed by atoms with van der Waals surface area (Å²) in [4.78, 5) is 16.5. The lowest BCUT2D eigenvalue weighted by Gasteiger charge is -2.27. The van der Waals surface area contributed by atoms with Gasteiger partial charge in [0.05, 0.1) is 0 Å². The van der Waals surface area contributed by atoms with Crippen LogP contribution in [0, 0.1) is 5.92 Å². The first-order valence-electron chi connectivity index (χ1n) is 7.15. The van der Waals surface area contributed by atoms with Gasteiger partial charge in [0, 0.05) is 32.1 Å². The molecule has 1 N–H and O–H groups in total. The van der Waals surface area contributed by atoms with Gasteiger partial charge >= 0.3 is 0 Å². The van der Waals surface area contributed by atoms with E-state index in [0.29, 0.717) is 24.3 Å². The predicted molar refractivity (Wildman–Crippen MR) is 82.9 cm³/mol. The minimum absolute atomic E-state index is 0. The van der Waals surface area contributed by atoms with Crippen LogP contribution in [0.3, 0.4) is 0 Å². The molecule has 0 aromatic heterocycles. The summed E-state index contributed by atoms with van der Waals surface area (Å²) in [6, 6.07) is 0.409. The van der Waals surface area contributed by atoms with E-state index < -0.39 is 0 Å². The van der Waals surface area contributed by atoms with E-state index in [2.05, 4.69) is 38.2 Å². The molecule has 0 bridgehead atoms. The topological polar surface area (TPSA) is 35.6 Å². The highest BCUT2D eigenvalue weighted by Crippen LogP contribution is 2.11. The van der Waals surface area contributed by atoms with Gasteiger partial charge in [-0.15, -0.1) is 12.4 Å². The summed E-state index contributed by atoms with van der Waals surface area (Å²) in [5.74, 6) is 0.845. The molecular formula is C14H30ClN3O. The number of rotatable bonds is 7. The lowest BCUT2D eigenvalue weighted by Crippen LogP contribution is -2.41. The van der Waals surface area contributed by atoms with Gasteiger partial charge in [-0.1, -0.05) is 13.8 Å². The first-order valence-corrected chi connectivity index (χ1v) is 7.15. The lowest BCUT2D eigenvalue weighted by molar-refractivity contribution is -0.132. The van der Waals surface area contributed by atoms with Crippen molar-refractivity contribution in [3.63, 3.8) is 0 Å². The smallest absolute Gasteiger partial charge is 0.224 e. The minimum Gasteiger partial charge on any atom is -0.341 e. The molecule has 4 nitrogen and oxygen atoms in total. The van der Waals surface area contributed by atoms with Crippen LogP contribution in [0.15, 0.2) is 0 Å². The predicted octanol–water partition coefficient (Wildman–Crippen LogP) is 1.60. The van der Waals surface area contributed by atoms with Crippen molar-refractivity contribution >= 4 is 18.3 Å². The second-order valence-electron chi connectivity index (χ2n) is 6.03. The van der Waals surface area contributed by atoms with Gasteiger partial charge in [0.25, 0.3) is 0 Å². The van der Waals surface area contributed by atoms with Crippen molar-refractivity contribution in [3.8, 4) is 0 Å². The minimum atomic E-state index is 0. The Hall–Kier alpha value is -0.320. The molecule has 1 rings (SSSR count). The number of nitrogens with one attached hydrogen (secondary N) is 1. The van der Waals surface area contributed by atoms with Crippen LogP contribution in [0.4, 0.5) is 0 Å². The van der Waals surface area contributed by atoms with Gasteiger partial charge in [-0.05, 0) is 39.4 Å². The fourth-order valence-electron chi connectivity index (χ4n) is 2.35. The Balaban J connectivity index is 0.00000324. The number of amides is 1. The summed E-state index contributed by atoms with van der Waals surface area (Å²) in [7, 11) is 4.10. The third kappa shape index (κ3) is 7.75. The summed E-state index contributed by atoms with van der Waals surface area (Å²) >= 11 is 0. The Morgan fingerprint density at radius 1 is 1.32 bits per heavy atom. The third-order valence-electron chi connectivity index (χ3n) is 3.34. The van der Waals surface area contributed by atoms with Gasteiger partial charge in [0.2, 0.25) is 5.91 Å². The van der Waals surface area contributed by atoms with Crippen LogP contribution in [-0.2, 0) is 4.79 Å². The average molecular weight is 292 g/mol. The van der Waals surface area contributed by atoms with E-state index in [1.54, 1.807) is 0 Å². The van der Waals surface area contributed by atoms with E-state index in [4.69, 9.17) is 0 Å². The molecule has 1 saturated heterocycles. The fourth-order valence-corrected chi connectivity index (χ4v) is 2.35. The molecule has 0 aromatic rings. The van der Waals surface area contributed by atoms with Crippen molar-refractivity contribution in [2.24, 2.45) is 5.92 Å². The Morgan fingerprint density at radius 2 is 2.00 bits per heavy atom. The zero-order chi connectivity index (χ0) is 13.5. The van der Waals surface area contributed by atoms with Crippen LogP contribution in [0.5, 0.6) is 0 Å². The number of nitrogens with zero attached hydrogens (tertiary/aromatic N) is 2. The summed E-state index contributed by atoms with van der Waals surface area (Å²) < 4.78 is 0. The number of likely N-dealkylation sites (N-methyl/N-ethyl adjacent to an activating group) is 1. The number of carbonyl (C=O) groups excluding carboxylic acids is 1. The number of carbonyl (C=O) groups is 1. The second-order valence-corrected chi connectivity index (χ2v) is 6.03. The van der Waals surface area contributed by atoms with Crippen LogP contribution in [0.1, 0.15) is 33.1 Å². The van der Waals surface area contributed by atoms with Crippen LogP contribution in [0.2, 0.25) is 0 Å². The van der Waals surface area contributed by atoms with Crippen molar-refractivity contribution in [3.05, 3.63) is 0 Å². The molecule has 1 aliphatic rings. The molecule has 0 saturated carbocycles. The zero-order valence-corrected chi connectivity index (χ0v) is 13.6. The summed E-state index contributed by atoms with van der Waals surface area (Å²) in [5, 5.41) is 3.40. The van der Waals surface area contributed by atoms with Crippen LogP contribution >= 0.6 is 12.4 Å². The van der Waals surface area contributed by atoms with E-state index in [0.717, 1.165) is 32.6 Å². The van der Waals surface area contributed by atoms with Gasteiger partial charge in [-0.25, -0.2) is 0 Å². The molecule has 1 fully saturated rings. The summed E-state index contributed by atoms with van der Waals surface area (Å²) in [5.41, 5.74) is 0. The largest absolute Gasteiger partial charge is 0.341 e. The number of halogens is 1. The molecule has 0 aromatic carbocycles. The summed E-state index contributed by atoms with van der Waals surface area (Å²) in [6.45, 7) is 8.07. The summed E-state index contributed by atoms with van der Waals surface area (Å²) in [6.07, 6.45) is 3.02. The molecule has 1 amide bonds. The second kappa shape index (κ2) is 9.56. The van der Waals surface area contributed by atoms with Crippen LogP contribution in [-0.4, -0.2) is 62.0 Å². The highest BCUT2D eigenvalue weighted by molar-refractivity contribution is 5.85. The molecule has 1 heterocycles. The monoisotopic (exact) mass is 291 g/mol. The van der Waals surface area contributed by atoms with E-state index in [1.165, 1.54) is 6.42 Å². The number of hydrogen-bond acceptors (Lipinski definition) is 3. The third-order valence-corrected chi connectivity index (χ3v) is 3.34. The maximum atomic E-state index is 12.3. The SMILES string of the molecule is CC(C)CN(CCN(C)C)C(=O)CC1CCCN1.Cl. The molecule has 5 heteroatoms. The van der Waals surface area contributed by atoms with Gasteiger partial charge in [0.1, 0.15) is 0 Å². The number of hydrogen-bond donors (Lipinski definition) is 1. The van der Waals surface area contributed by atoms with Gasteiger partial charge in [-0.2, -0.15) is 0 Å². The Labute approximate surface area is 124 Å². The Bertz CT molecular complexity index is 253. The molecule has 1 unspecified atom stereocenters. The fraction of sp³-hybridized carbons (Fsp3) is 0.929. The van der Waals surface area contributed by atoms with Gasteiger partial charge < -0.3 is 15.1 Å². The molecule has 1 aliphatic heterocycles. The normalized spacial score (nSPS) is 18.7. The van der Waals surface area contributed by atoms with E-state index in [9.17, 15) is 4.79 Å². The van der Waals surface area contributed by atoms with Crippen molar-refractivity contribution in [1.82, 2.24) is 15.1 Å². The van der Waals surface area contributed by atoms with Crippen LogP contribution in [0.25, 0.3) is 0 Å². The molecule has 0 spiro atoms. The quantitative estimate of drug-likeness (QED) is 0.774. The van der Waals surface area contributed by atoms with E-state index in [-0.39, 0.29) is 12.4 Å². The molecule has 0 aliphatic carbocycles. The molecule has 114 valence electrons. The van der Waals surface area contributed by atoms with Crippen LogP contribution < -0.4 is 5.32 Å². The standard InChI is InChI=1S/C14H29N3O.ClH/c1-12(2)11-17(9-8-16(3)4)14(18)10-13-6-5-7-15-13;/h12-13,15H,5-11H2,1-4H3;1H. The van der Waals surface area contributed by atoms with E-state index in [1.807, 2.05) is 4.90 Å². The average Bonchev–Trinajstić information content (AvgIpc) is 2.76. The van der Waals surface area contributed by atoms with Crippen molar-refractivity contribution in [1.29, 1.82) is 0 Å². The maximum Gasteiger partial charge on any atom is 0.224 e. The lowest BCUT2D eigenvalue weighted by atomic mass is 10.1. The van der Waals surface area contributed by atoms with Gasteiger partial charge in [0.15, 0.2) is 0 Å². The highest BCUT2D eigenvalue weighted by atomic mass is 35.5. The van der Waals surface area contributed by atoms with Crippen molar-refractivity contribution in [2.75, 3.05) is 40.3 Å². The van der Waals surface area contributed by atoms with Crippen molar-refractivity contribution in [2.45, 2.75) is 39.2 Å². The molecule has 0 radical (unpaired) electrons. The van der Waals surface area contributed by atoms with Gasteiger partial charge in [-0.3, -0.25) is 4.79 Å². The zero-order valence-electron chi connectivity index (χ0n) is 12.8. The molecular weight excluding hydrogens is 262 g/mol. The molecule has 19 heavy (non-hydrogen) atoms. The Kier molecular flexibility index (Phi) is 9.40. The highest BCUT2D eigenvalue weighted by Gasteiger charge is 2.22. The van der Waals surface area contributed by atoms with Crippen molar-refractivity contribution < 1.29 is 4.79 Å². The first-order chi connectivity index (χ1) is 8.49. The maximum absolute atomic E-state index is 12.3.